The average Bonchev–Trinajstić information content (AvgIpc) is 2.35. The van der Waals surface area contributed by atoms with Gasteiger partial charge in [-0.15, -0.1) is 0 Å². The summed E-state index contributed by atoms with van der Waals surface area (Å²) in [6.45, 7) is 6.93. The van der Waals surface area contributed by atoms with Crippen LogP contribution in [0, 0.1) is 0 Å². The predicted octanol–water partition coefficient (Wildman–Crippen LogP) is 1.22. The first-order valence-corrected chi connectivity index (χ1v) is 7.75. The second kappa shape index (κ2) is 7.42. The second-order valence-electron chi connectivity index (χ2n) is 4.22. The van der Waals surface area contributed by atoms with E-state index in [-0.39, 0.29) is 17.5 Å². The van der Waals surface area contributed by atoms with E-state index in [1.807, 2.05) is 20.8 Å². The van der Waals surface area contributed by atoms with Gasteiger partial charge < -0.3 is 10.1 Å². The van der Waals surface area contributed by atoms with Crippen LogP contribution in [0.25, 0.3) is 0 Å². The summed E-state index contributed by atoms with van der Waals surface area (Å²) >= 11 is 0. The van der Waals surface area contributed by atoms with E-state index in [0.717, 1.165) is 0 Å². The first kappa shape index (κ1) is 15.9. The third kappa shape index (κ3) is 5.14. The molecular weight excluding hydrogens is 266 g/mol. The normalized spacial score (nSPS) is 11.8. The minimum absolute atomic E-state index is 0.0835. The largest absolute Gasteiger partial charge is 0.384 e. The van der Waals surface area contributed by atoms with Crippen molar-refractivity contribution in [3.63, 3.8) is 0 Å². The van der Waals surface area contributed by atoms with Gasteiger partial charge in [0, 0.05) is 25.5 Å². The van der Waals surface area contributed by atoms with Gasteiger partial charge in [0.2, 0.25) is 10.0 Å². The van der Waals surface area contributed by atoms with Crippen LogP contribution in [0.3, 0.4) is 0 Å². The summed E-state index contributed by atoms with van der Waals surface area (Å²) in [6.07, 6.45) is 2.97. The van der Waals surface area contributed by atoms with Gasteiger partial charge in [-0.1, -0.05) is 0 Å². The minimum Gasteiger partial charge on any atom is -0.384 e. The van der Waals surface area contributed by atoms with Gasteiger partial charge in [-0.2, -0.15) is 0 Å². The fraction of sp³-hybridized carbons (Fsp3) is 0.583. The Morgan fingerprint density at radius 1 is 1.42 bits per heavy atom. The van der Waals surface area contributed by atoms with E-state index in [1.165, 1.54) is 6.20 Å². The highest BCUT2D eigenvalue weighted by Gasteiger charge is 2.17. The van der Waals surface area contributed by atoms with Crippen LogP contribution in [0.5, 0.6) is 0 Å². The Kier molecular flexibility index (Phi) is 6.20. The van der Waals surface area contributed by atoms with Crippen LogP contribution in [0.4, 0.5) is 5.69 Å². The number of ether oxygens (including phenoxy) is 1. The van der Waals surface area contributed by atoms with Crippen molar-refractivity contribution in [2.75, 3.05) is 25.0 Å². The molecule has 0 aliphatic rings. The third-order valence-corrected chi connectivity index (χ3v) is 3.78. The van der Waals surface area contributed by atoms with Gasteiger partial charge in [0.05, 0.1) is 18.4 Å². The first-order chi connectivity index (χ1) is 8.97. The third-order valence-electron chi connectivity index (χ3n) is 2.29. The number of rotatable bonds is 8. The Labute approximate surface area is 114 Å². The molecule has 0 aromatic carbocycles. The summed E-state index contributed by atoms with van der Waals surface area (Å²) in [6, 6.07) is 1.64. The summed E-state index contributed by atoms with van der Waals surface area (Å²) in [7, 11) is -3.57. The topological polar surface area (TPSA) is 80.3 Å². The van der Waals surface area contributed by atoms with Crippen molar-refractivity contribution in [1.82, 2.24) is 9.71 Å². The summed E-state index contributed by atoms with van der Waals surface area (Å²) in [5.41, 5.74) is 0.551. The van der Waals surface area contributed by atoms with E-state index in [9.17, 15) is 8.42 Å². The molecule has 1 aromatic heterocycles. The quantitative estimate of drug-likeness (QED) is 0.703. The average molecular weight is 287 g/mol. The zero-order valence-electron chi connectivity index (χ0n) is 11.5. The standard InChI is InChI=1S/C12H21N3O3S/c1-4-14-11-5-6-13-9-12(11)19(16,17)15-7-8-18-10(2)3/h5-6,9-10,15H,4,7-8H2,1-3H3,(H,13,14). The molecule has 0 aliphatic carbocycles. The minimum atomic E-state index is -3.57. The fourth-order valence-electron chi connectivity index (χ4n) is 1.48. The van der Waals surface area contributed by atoms with Gasteiger partial charge in [0.1, 0.15) is 4.90 Å². The number of hydrogen-bond acceptors (Lipinski definition) is 5. The Hall–Kier alpha value is -1.18. The van der Waals surface area contributed by atoms with Gasteiger partial charge in [0.15, 0.2) is 0 Å². The van der Waals surface area contributed by atoms with Crippen LogP contribution in [-0.2, 0) is 14.8 Å². The monoisotopic (exact) mass is 287 g/mol. The van der Waals surface area contributed by atoms with Crippen LogP contribution in [-0.4, -0.2) is 39.2 Å². The van der Waals surface area contributed by atoms with Gasteiger partial charge in [-0.25, -0.2) is 13.1 Å². The molecule has 7 heteroatoms. The van der Waals surface area contributed by atoms with Crippen molar-refractivity contribution in [2.24, 2.45) is 0 Å². The molecule has 0 saturated heterocycles. The number of aromatic nitrogens is 1. The maximum atomic E-state index is 12.1. The van der Waals surface area contributed by atoms with Crippen LogP contribution < -0.4 is 10.0 Å². The smallest absolute Gasteiger partial charge is 0.244 e. The van der Waals surface area contributed by atoms with E-state index in [2.05, 4.69) is 15.0 Å². The van der Waals surface area contributed by atoms with Crippen molar-refractivity contribution < 1.29 is 13.2 Å². The molecular formula is C12H21N3O3S. The molecule has 0 fully saturated rings. The van der Waals surface area contributed by atoms with Crippen LogP contribution in [0.2, 0.25) is 0 Å². The highest BCUT2D eigenvalue weighted by molar-refractivity contribution is 7.89. The van der Waals surface area contributed by atoms with Gasteiger partial charge in [-0.05, 0) is 26.8 Å². The molecule has 0 atom stereocenters. The number of sulfonamides is 1. The summed E-state index contributed by atoms with van der Waals surface area (Å²) in [5.74, 6) is 0. The number of anilines is 1. The van der Waals surface area contributed by atoms with Crippen LogP contribution >= 0.6 is 0 Å². The Bertz CT molecular complexity index is 489. The maximum Gasteiger partial charge on any atom is 0.244 e. The Balaban J connectivity index is 2.71. The first-order valence-electron chi connectivity index (χ1n) is 6.26. The molecule has 108 valence electrons. The molecule has 0 spiro atoms. The maximum absolute atomic E-state index is 12.1. The highest BCUT2D eigenvalue weighted by Crippen LogP contribution is 2.18. The lowest BCUT2D eigenvalue weighted by atomic mass is 10.4. The number of nitrogens with one attached hydrogen (secondary N) is 2. The van der Waals surface area contributed by atoms with E-state index < -0.39 is 10.0 Å². The van der Waals surface area contributed by atoms with Crippen molar-refractivity contribution in [3.05, 3.63) is 18.5 Å². The number of nitrogens with zero attached hydrogens (tertiary/aromatic N) is 1. The summed E-state index contributed by atoms with van der Waals surface area (Å²) < 4.78 is 32.0. The predicted molar refractivity (Wildman–Crippen MR) is 74.7 cm³/mol. The molecule has 6 nitrogen and oxygen atoms in total. The zero-order valence-corrected chi connectivity index (χ0v) is 12.3. The van der Waals surface area contributed by atoms with Gasteiger partial charge in [0.25, 0.3) is 0 Å². The Morgan fingerprint density at radius 3 is 2.79 bits per heavy atom. The summed E-state index contributed by atoms with van der Waals surface area (Å²) in [4.78, 5) is 4.01. The molecule has 0 radical (unpaired) electrons. The lowest BCUT2D eigenvalue weighted by Crippen LogP contribution is -2.29. The highest BCUT2D eigenvalue weighted by atomic mass is 32.2. The molecule has 0 unspecified atom stereocenters. The van der Waals surface area contributed by atoms with Crippen LogP contribution in [0.1, 0.15) is 20.8 Å². The molecule has 0 saturated carbocycles. The molecule has 0 amide bonds. The second-order valence-corrected chi connectivity index (χ2v) is 5.95. The molecule has 0 bridgehead atoms. The molecule has 1 heterocycles. The van der Waals surface area contributed by atoms with Gasteiger partial charge in [-0.3, -0.25) is 4.98 Å². The molecule has 19 heavy (non-hydrogen) atoms. The Morgan fingerprint density at radius 2 is 2.16 bits per heavy atom. The van der Waals surface area contributed by atoms with E-state index in [0.29, 0.717) is 18.8 Å². The van der Waals surface area contributed by atoms with Crippen molar-refractivity contribution in [3.8, 4) is 0 Å². The summed E-state index contributed by atoms with van der Waals surface area (Å²) in [5, 5.41) is 3.00. The SMILES string of the molecule is CCNc1ccncc1S(=O)(=O)NCCOC(C)C. The number of pyridine rings is 1. The lowest BCUT2D eigenvalue weighted by molar-refractivity contribution is 0.0834. The molecule has 0 aliphatic heterocycles. The van der Waals surface area contributed by atoms with Gasteiger partial charge >= 0.3 is 0 Å². The van der Waals surface area contributed by atoms with E-state index in [4.69, 9.17) is 4.74 Å². The molecule has 1 aromatic rings. The lowest BCUT2D eigenvalue weighted by Gasteiger charge is -2.12. The van der Waals surface area contributed by atoms with E-state index in [1.54, 1.807) is 12.3 Å². The van der Waals surface area contributed by atoms with E-state index >= 15 is 0 Å². The van der Waals surface area contributed by atoms with Crippen molar-refractivity contribution >= 4 is 15.7 Å². The van der Waals surface area contributed by atoms with Crippen LogP contribution in [0.15, 0.2) is 23.4 Å². The molecule has 2 N–H and O–H groups in total. The zero-order chi connectivity index (χ0) is 14.3. The van der Waals surface area contributed by atoms with Crippen molar-refractivity contribution in [1.29, 1.82) is 0 Å². The van der Waals surface area contributed by atoms with Crippen molar-refractivity contribution in [2.45, 2.75) is 31.8 Å². The molecule has 1 rings (SSSR count). The fourth-order valence-corrected chi connectivity index (χ4v) is 2.62. The number of hydrogen-bond donors (Lipinski definition) is 2.